The Labute approximate surface area is 150 Å². The van der Waals surface area contributed by atoms with Crippen LogP contribution in [0.25, 0.3) is 11.4 Å². The highest BCUT2D eigenvalue weighted by molar-refractivity contribution is 7.89. The summed E-state index contributed by atoms with van der Waals surface area (Å²) in [6.07, 6.45) is 0. The Bertz CT molecular complexity index is 990. The molecule has 0 aliphatic carbocycles. The van der Waals surface area contributed by atoms with Gasteiger partial charge in [0.15, 0.2) is 0 Å². The lowest BCUT2D eigenvalue weighted by molar-refractivity contribution is 0.566. The highest BCUT2D eigenvalue weighted by atomic mass is 35.5. The van der Waals surface area contributed by atoms with Gasteiger partial charge < -0.3 is 0 Å². The molecule has 0 spiro atoms. The molecule has 0 bridgehead atoms. The molecule has 25 heavy (non-hydrogen) atoms. The maximum absolute atomic E-state index is 12.7. The Balaban J connectivity index is 1.93. The molecule has 2 N–H and O–H groups in total. The van der Waals surface area contributed by atoms with Gasteiger partial charge in [-0.1, -0.05) is 35.9 Å². The zero-order chi connectivity index (χ0) is 18.0. The molecule has 0 amide bonds. The smallest absolute Gasteiger partial charge is 0.207 e. The molecule has 0 saturated carbocycles. The molecule has 2 aromatic carbocycles. The first-order valence-corrected chi connectivity index (χ1v) is 9.36. The second-order valence-corrected chi connectivity index (χ2v) is 7.70. The number of nitrogens with one attached hydrogen (secondary N) is 2. The van der Waals surface area contributed by atoms with E-state index in [0.717, 1.165) is 11.1 Å². The van der Waals surface area contributed by atoms with Crippen LogP contribution in [0.15, 0.2) is 47.4 Å². The van der Waals surface area contributed by atoms with Gasteiger partial charge >= 0.3 is 0 Å². The fourth-order valence-electron chi connectivity index (χ4n) is 2.56. The van der Waals surface area contributed by atoms with Crippen molar-refractivity contribution >= 4 is 21.6 Å². The average Bonchev–Trinajstić information content (AvgIpc) is 3.09. The number of aromatic nitrogens is 4. The number of rotatable bonds is 5. The lowest BCUT2D eigenvalue weighted by Crippen LogP contribution is -2.27. The van der Waals surface area contributed by atoms with Crippen molar-refractivity contribution in [3.8, 4) is 11.4 Å². The molecule has 0 radical (unpaired) electrons. The van der Waals surface area contributed by atoms with E-state index in [4.69, 9.17) is 11.6 Å². The third-order valence-corrected chi connectivity index (χ3v) is 5.69. The van der Waals surface area contributed by atoms with Gasteiger partial charge in [0.2, 0.25) is 15.8 Å². The summed E-state index contributed by atoms with van der Waals surface area (Å²) in [5.41, 5.74) is 2.32. The molecule has 130 valence electrons. The number of aromatic amines is 1. The molecule has 0 unspecified atom stereocenters. The van der Waals surface area contributed by atoms with Gasteiger partial charge in [0, 0.05) is 11.6 Å². The van der Waals surface area contributed by atoms with Gasteiger partial charge in [-0.2, -0.15) is 5.21 Å². The average molecular weight is 378 g/mol. The van der Waals surface area contributed by atoms with E-state index in [-0.39, 0.29) is 16.8 Å². The standard InChI is InChI=1S/C16H16ClN5O2S/c1-10-5-3-4-6-13(10)11(2)20-25(23,24)12-7-8-15(17)14(9-12)16-18-21-22-19-16/h3-9,11,20H,1-2H3,(H,18,19,21,22)/t11-/m0/s1. The summed E-state index contributed by atoms with van der Waals surface area (Å²) in [6.45, 7) is 3.74. The monoisotopic (exact) mass is 377 g/mol. The summed E-state index contributed by atoms with van der Waals surface area (Å²) >= 11 is 6.12. The van der Waals surface area contributed by atoms with Crippen LogP contribution in [0.1, 0.15) is 24.1 Å². The summed E-state index contributed by atoms with van der Waals surface area (Å²) in [6, 6.07) is 11.6. The Hall–Kier alpha value is -2.29. The summed E-state index contributed by atoms with van der Waals surface area (Å²) in [7, 11) is -3.75. The van der Waals surface area contributed by atoms with E-state index in [2.05, 4.69) is 25.3 Å². The van der Waals surface area contributed by atoms with Gasteiger partial charge in [0.25, 0.3) is 0 Å². The number of sulfonamides is 1. The number of hydrogen-bond donors (Lipinski definition) is 2. The number of benzene rings is 2. The first kappa shape index (κ1) is 17.5. The minimum Gasteiger partial charge on any atom is -0.207 e. The Kier molecular flexibility index (Phi) is 4.85. The van der Waals surface area contributed by atoms with Gasteiger partial charge in [-0.05, 0) is 48.4 Å². The zero-order valence-corrected chi connectivity index (χ0v) is 15.1. The number of halogens is 1. The third kappa shape index (κ3) is 3.71. The van der Waals surface area contributed by atoms with Crippen molar-refractivity contribution in [1.29, 1.82) is 0 Å². The molecule has 7 nitrogen and oxygen atoms in total. The van der Waals surface area contributed by atoms with E-state index in [1.807, 2.05) is 31.2 Å². The molecule has 9 heteroatoms. The quantitative estimate of drug-likeness (QED) is 0.712. The van der Waals surface area contributed by atoms with Crippen LogP contribution in [0.4, 0.5) is 0 Å². The predicted molar refractivity (Wildman–Crippen MR) is 94.5 cm³/mol. The molecule has 1 aromatic heterocycles. The van der Waals surface area contributed by atoms with Crippen molar-refractivity contribution in [3.63, 3.8) is 0 Å². The first-order chi connectivity index (χ1) is 11.9. The predicted octanol–water partition coefficient (Wildman–Crippen LogP) is 2.87. The van der Waals surface area contributed by atoms with Crippen LogP contribution in [-0.4, -0.2) is 29.0 Å². The number of H-pyrrole nitrogens is 1. The lowest BCUT2D eigenvalue weighted by atomic mass is 10.0. The largest absolute Gasteiger partial charge is 0.241 e. The molecule has 1 atom stereocenters. The summed E-state index contributed by atoms with van der Waals surface area (Å²) < 4.78 is 28.2. The third-order valence-electron chi connectivity index (χ3n) is 3.82. The maximum atomic E-state index is 12.7. The molecular weight excluding hydrogens is 362 g/mol. The Morgan fingerprint density at radius 2 is 1.96 bits per heavy atom. The van der Waals surface area contributed by atoms with Gasteiger partial charge in [-0.25, -0.2) is 13.1 Å². The highest BCUT2D eigenvalue weighted by Gasteiger charge is 2.21. The van der Waals surface area contributed by atoms with Gasteiger partial charge in [-0.3, -0.25) is 0 Å². The minimum absolute atomic E-state index is 0.0807. The number of aryl methyl sites for hydroxylation is 1. The topological polar surface area (TPSA) is 101 Å². The zero-order valence-electron chi connectivity index (χ0n) is 13.6. The second kappa shape index (κ2) is 6.91. The van der Waals surface area contributed by atoms with Crippen LogP contribution < -0.4 is 4.72 Å². The molecule has 0 aliphatic rings. The molecule has 0 aliphatic heterocycles. The second-order valence-electron chi connectivity index (χ2n) is 5.58. The SMILES string of the molecule is Cc1ccccc1[C@H](C)NS(=O)(=O)c1ccc(Cl)c(-c2nn[nH]n2)c1. The van der Waals surface area contributed by atoms with Gasteiger partial charge in [0.05, 0.1) is 9.92 Å². The summed E-state index contributed by atoms with van der Waals surface area (Å²) in [5, 5.41) is 13.8. The van der Waals surface area contributed by atoms with Crippen LogP contribution in [0, 0.1) is 6.92 Å². The van der Waals surface area contributed by atoms with Crippen molar-refractivity contribution in [1.82, 2.24) is 25.3 Å². The molecule has 1 heterocycles. The van der Waals surface area contributed by atoms with E-state index >= 15 is 0 Å². The van der Waals surface area contributed by atoms with Crippen LogP contribution in [0.5, 0.6) is 0 Å². The van der Waals surface area contributed by atoms with E-state index < -0.39 is 10.0 Å². The Morgan fingerprint density at radius 3 is 2.64 bits per heavy atom. The van der Waals surface area contributed by atoms with Crippen molar-refractivity contribution in [2.45, 2.75) is 24.8 Å². The summed E-state index contributed by atoms with van der Waals surface area (Å²) in [4.78, 5) is 0.0807. The summed E-state index contributed by atoms with van der Waals surface area (Å²) in [5.74, 6) is 0.231. The molecule has 3 rings (SSSR count). The van der Waals surface area contributed by atoms with E-state index in [9.17, 15) is 8.42 Å². The minimum atomic E-state index is -3.75. The molecule has 0 saturated heterocycles. The van der Waals surface area contributed by atoms with E-state index in [0.29, 0.717) is 10.6 Å². The Morgan fingerprint density at radius 1 is 1.20 bits per heavy atom. The van der Waals surface area contributed by atoms with Crippen LogP contribution >= 0.6 is 11.6 Å². The molecule has 0 fully saturated rings. The lowest BCUT2D eigenvalue weighted by Gasteiger charge is -2.17. The van der Waals surface area contributed by atoms with Crippen molar-refractivity contribution < 1.29 is 8.42 Å². The number of hydrogen-bond acceptors (Lipinski definition) is 5. The molecular formula is C16H16ClN5O2S. The van der Waals surface area contributed by atoms with Crippen molar-refractivity contribution in [2.75, 3.05) is 0 Å². The van der Waals surface area contributed by atoms with E-state index in [1.54, 1.807) is 6.92 Å². The van der Waals surface area contributed by atoms with Gasteiger partial charge in [0.1, 0.15) is 0 Å². The van der Waals surface area contributed by atoms with Crippen LogP contribution in [0.3, 0.4) is 0 Å². The first-order valence-electron chi connectivity index (χ1n) is 7.50. The fraction of sp³-hybridized carbons (Fsp3) is 0.188. The molecule has 3 aromatic rings. The normalized spacial score (nSPS) is 12.9. The number of tetrazole rings is 1. The maximum Gasteiger partial charge on any atom is 0.241 e. The van der Waals surface area contributed by atoms with Crippen molar-refractivity contribution in [3.05, 3.63) is 58.6 Å². The fourth-order valence-corrected chi connectivity index (χ4v) is 4.01. The van der Waals surface area contributed by atoms with Crippen LogP contribution in [-0.2, 0) is 10.0 Å². The van der Waals surface area contributed by atoms with E-state index in [1.165, 1.54) is 18.2 Å². The van der Waals surface area contributed by atoms with Gasteiger partial charge in [-0.15, -0.1) is 10.2 Å². The van der Waals surface area contributed by atoms with Crippen LogP contribution in [0.2, 0.25) is 5.02 Å². The highest BCUT2D eigenvalue weighted by Crippen LogP contribution is 2.28. The number of nitrogens with zero attached hydrogens (tertiary/aromatic N) is 3. The van der Waals surface area contributed by atoms with Crippen molar-refractivity contribution in [2.24, 2.45) is 0 Å².